The Morgan fingerprint density at radius 3 is 2.40 bits per heavy atom. The molecule has 0 aliphatic carbocycles. The van der Waals surface area contributed by atoms with Gasteiger partial charge in [-0.15, -0.1) is 11.3 Å². The maximum absolute atomic E-state index is 5.72. The molecule has 2 rings (SSSR count). The van der Waals surface area contributed by atoms with Crippen molar-refractivity contribution >= 4 is 22.3 Å². The lowest BCUT2D eigenvalue weighted by Gasteiger charge is -1.99. The predicted molar refractivity (Wildman–Crippen MR) is 64.8 cm³/mol. The van der Waals surface area contributed by atoms with Gasteiger partial charge in [0.15, 0.2) is 5.13 Å². The Kier molecular flexibility index (Phi) is 2.87. The monoisotopic (exact) mass is 219 g/mol. The molecule has 2 aromatic rings. The smallest absolute Gasteiger partial charge is 0.182 e. The number of hydrogen-bond donors (Lipinski definition) is 2. The van der Waals surface area contributed by atoms with Crippen LogP contribution in [-0.2, 0) is 12.8 Å². The third-order valence-corrected chi connectivity index (χ3v) is 3.19. The number of nitrogen functional groups attached to an aromatic ring is 2. The van der Waals surface area contributed by atoms with Crippen LogP contribution in [0, 0.1) is 0 Å². The van der Waals surface area contributed by atoms with E-state index in [4.69, 9.17) is 11.5 Å². The van der Waals surface area contributed by atoms with Gasteiger partial charge in [-0.1, -0.05) is 30.3 Å². The van der Waals surface area contributed by atoms with Crippen LogP contribution in [0.4, 0.5) is 10.9 Å². The second-order valence-corrected chi connectivity index (χ2v) is 4.46. The van der Waals surface area contributed by atoms with E-state index in [9.17, 15) is 0 Å². The number of benzene rings is 1. The molecular formula is C11H13N3S. The largest absolute Gasteiger partial charge is 0.383 e. The summed E-state index contributed by atoms with van der Waals surface area (Å²) in [7, 11) is 0. The molecule has 1 aromatic heterocycles. The van der Waals surface area contributed by atoms with Crippen molar-refractivity contribution in [2.45, 2.75) is 12.8 Å². The van der Waals surface area contributed by atoms with Gasteiger partial charge in [0.2, 0.25) is 0 Å². The number of aromatic nitrogens is 1. The van der Waals surface area contributed by atoms with Crippen LogP contribution in [0.3, 0.4) is 0 Å². The highest BCUT2D eigenvalue weighted by Gasteiger charge is 2.05. The van der Waals surface area contributed by atoms with Gasteiger partial charge in [0, 0.05) is 0 Å². The van der Waals surface area contributed by atoms with E-state index in [1.807, 2.05) is 18.2 Å². The van der Waals surface area contributed by atoms with E-state index in [1.165, 1.54) is 16.9 Å². The lowest BCUT2D eigenvalue weighted by molar-refractivity contribution is 0.979. The number of rotatable bonds is 3. The van der Waals surface area contributed by atoms with Crippen LogP contribution in [0.25, 0.3) is 0 Å². The van der Waals surface area contributed by atoms with Gasteiger partial charge in [0.05, 0.1) is 4.88 Å². The van der Waals surface area contributed by atoms with E-state index < -0.39 is 0 Å². The lowest BCUT2D eigenvalue weighted by atomic mass is 10.1. The van der Waals surface area contributed by atoms with Crippen molar-refractivity contribution in [1.29, 1.82) is 0 Å². The van der Waals surface area contributed by atoms with Crippen LogP contribution >= 0.6 is 11.3 Å². The first kappa shape index (κ1) is 9.98. The highest BCUT2D eigenvalue weighted by atomic mass is 32.1. The van der Waals surface area contributed by atoms with E-state index >= 15 is 0 Å². The Hall–Kier alpha value is -1.55. The fourth-order valence-corrected chi connectivity index (χ4v) is 2.21. The zero-order valence-corrected chi connectivity index (χ0v) is 9.13. The molecule has 0 aliphatic rings. The van der Waals surface area contributed by atoms with Crippen LogP contribution in [0.15, 0.2) is 30.3 Å². The average molecular weight is 219 g/mol. The Labute approximate surface area is 92.8 Å². The molecule has 0 bridgehead atoms. The molecule has 0 fully saturated rings. The van der Waals surface area contributed by atoms with Gasteiger partial charge >= 0.3 is 0 Å². The number of thiazole rings is 1. The third-order valence-electron chi connectivity index (χ3n) is 2.23. The van der Waals surface area contributed by atoms with Crippen LogP contribution < -0.4 is 11.5 Å². The number of nitrogens with zero attached hydrogens (tertiary/aromatic N) is 1. The summed E-state index contributed by atoms with van der Waals surface area (Å²) in [5, 5.41) is 0.551. The molecule has 4 heteroatoms. The second-order valence-electron chi connectivity index (χ2n) is 3.35. The predicted octanol–water partition coefficient (Wildman–Crippen LogP) is 2.09. The molecule has 4 N–H and O–H groups in total. The summed E-state index contributed by atoms with van der Waals surface area (Å²) in [5.74, 6) is 0.577. The van der Waals surface area contributed by atoms with Gasteiger partial charge in [-0.25, -0.2) is 4.98 Å². The van der Waals surface area contributed by atoms with Gasteiger partial charge in [0.25, 0.3) is 0 Å². The van der Waals surface area contributed by atoms with Crippen molar-refractivity contribution in [3.05, 3.63) is 40.8 Å². The zero-order chi connectivity index (χ0) is 10.7. The molecule has 0 atom stereocenters. The van der Waals surface area contributed by atoms with E-state index in [2.05, 4.69) is 17.1 Å². The molecule has 0 unspecified atom stereocenters. The minimum absolute atomic E-state index is 0.551. The van der Waals surface area contributed by atoms with Crippen molar-refractivity contribution in [2.75, 3.05) is 11.5 Å². The molecule has 1 heterocycles. The van der Waals surface area contributed by atoms with Crippen LogP contribution in [0.5, 0.6) is 0 Å². The maximum atomic E-state index is 5.72. The van der Waals surface area contributed by atoms with Gasteiger partial charge in [0.1, 0.15) is 5.82 Å². The zero-order valence-electron chi connectivity index (χ0n) is 8.31. The fourth-order valence-electron chi connectivity index (χ4n) is 1.46. The highest BCUT2D eigenvalue weighted by molar-refractivity contribution is 7.15. The van der Waals surface area contributed by atoms with Gasteiger partial charge in [-0.05, 0) is 18.4 Å². The quantitative estimate of drug-likeness (QED) is 0.830. The molecule has 0 saturated heterocycles. The first-order valence-electron chi connectivity index (χ1n) is 4.80. The van der Waals surface area contributed by atoms with Crippen molar-refractivity contribution in [3.63, 3.8) is 0 Å². The Balaban J connectivity index is 2.02. The molecule has 3 nitrogen and oxygen atoms in total. The molecule has 0 radical (unpaired) electrons. The van der Waals surface area contributed by atoms with Gasteiger partial charge < -0.3 is 11.5 Å². The standard InChI is InChI=1S/C11H13N3S/c12-10-9(15-11(13)14-10)7-6-8-4-2-1-3-5-8/h1-5H,6-7,12H2,(H2,13,14). The van der Waals surface area contributed by atoms with E-state index in [1.54, 1.807) is 0 Å². The molecule has 1 aromatic carbocycles. The normalized spacial score (nSPS) is 10.4. The van der Waals surface area contributed by atoms with Gasteiger partial charge in [-0.2, -0.15) is 0 Å². The van der Waals surface area contributed by atoms with Crippen molar-refractivity contribution < 1.29 is 0 Å². The maximum Gasteiger partial charge on any atom is 0.182 e. The summed E-state index contributed by atoms with van der Waals surface area (Å²) in [5.41, 5.74) is 12.6. The first-order valence-corrected chi connectivity index (χ1v) is 5.62. The molecule has 78 valence electrons. The lowest BCUT2D eigenvalue weighted by Crippen LogP contribution is -1.94. The first-order chi connectivity index (χ1) is 7.25. The highest BCUT2D eigenvalue weighted by Crippen LogP contribution is 2.23. The number of aryl methyl sites for hydroxylation is 2. The molecule has 0 spiro atoms. The van der Waals surface area contributed by atoms with Crippen LogP contribution in [0.2, 0.25) is 0 Å². The van der Waals surface area contributed by atoms with Crippen molar-refractivity contribution in [1.82, 2.24) is 4.98 Å². The average Bonchev–Trinajstić information content (AvgIpc) is 2.56. The summed E-state index contributed by atoms with van der Waals surface area (Å²) in [6, 6.07) is 10.3. The summed E-state index contributed by atoms with van der Waals surface area (Å²) in [6.07, 6.45) is 1.89. The Morgan fingerprint density at radius 1 is 1.07 bits per heavy atom. The van der Waals surface area contributed by atoms with E-state index in [0.717, 1.165) is 17.7 Å². The minimum atomic E-state index is 0.551. The molecule has 0 amide bonds. The summed E-state index contributed by atoms with van der Waals surface area (Å²) < 4.78 is 0. The number of anilines is 2. The number of hydrogen-bond acceptors (Lipinski definition) is 4. The summed E-state index contributed by atoms with van der Waals surface area (Å²) >= 11 is 1.48. The fraction of sp³-hybridized carbons (Fsp3) is 0.182. The Morgan fingerprint density at radius 2 is 1.80 bits per heavy atom. The van der Waals surface area contributed by atoms with Crippen molar-refractivity contribution in [2.24, 2.45) is 0 Å². The van der Waals surface area contributed by atoms with Crippen LogP contribution in [-0.4, -0.2) is 4.98 Å². The minimum Gasteiger partial charge on any atom is -0.383 e. The summed E-state index contributed by atoms with van der Waals surface area (Å²) in [4.78, 5) is 5.08. The SMILES string of the molecule is Nc1nc(N)c(CCc2ccccc2)s1. The third kappa shape index (κ3) is 2.47. The number of nitrogens with two attached hydrogens (primary N) is 2. The van der Waals surface area contributed by atoms with E-state index in [-0.39, 0.29) is 0 Å². The topological polar surface area (TPSA) is 64.9 Å². The van der Waals surface area contributed by atoms with Crippen molar-refractivity contribution in [3.8, 4) is 0 Å². The van der Waals surface area contributed by atoms with Crippen LogP contribution in [0.1, 0.15) is 10.4 Å². The molecular weight excluding hydrogens is 206 g/mol. The summed E-state index contributed by atoms with van der Waals surface area (Å²) in [6.45, 7) is 0. The molecule has 0 saturated carbocycles. The van der Waals surface area contributed by atoms with Gasteiger partial charge in [-0.3, -0.25) is 0 Å². The van der Waals surface area contributed by atoms with E-state index in [0.29, 0.717) is 10.9 Å². The molecule has 0 aliphatic heterocycles. The second kappa shape index (κ2) is 4.31. The molecule has 15 heavy (non-hydrogen) atoms. The Bertz CT molecular complexity index is 436.